The molecule has 0 aliphatic carbocycles. The van der Waals surface area contributed by atoms with E-state index in [2.05, 4.69) is 4.74 Å². The minimum absolute atomic E-state index is 0.0688. The molecule has 2 aromatic rings. The zero-order valence-corrected chi connectivity index (χ0v) is 14.7. The largest absolute Gasteiger partial charge is 0.435 e. The average molecular weight is 377 g/mol. The number of benzene rings is 2. The fraction of sp³-hybridized carbons (Fsp3) is 0.111. The molecule has 1 saturated heterocycles. The summed E-state index contributed by atoms with van der Waals surface area (Å²) in [5, 5.41) is 0. The molecule has 0 atom stereocenters. The molecule has 0 N–H and O–H groups in total. The summed E-state index contributed by atoms with van der Waals surface area (Å²) in [5.41, 5.74) is 2.51. The molecule has 128 valence electrons. The van der Waals surface area contributed by atoms with Crippen LogP contribution < -0.4 is 9.64 Å². The summed E-state index contributed by atoms with van der Waals surface area (Å²) in [5.74, 6) is -0.133. The Balaban J connectivity index is 1.81. The van der Waals surface area contributed by atoms with Gasteiger partial charge in [0.2, 0.25) is 0 Å². The lowest BCUT2D eigenvalue weighted by Gasteiger charge is -2.14. The first kappa shape index (κ1) is 17.6. The van der Waals surface area contributed by atoms with Crippen molar-refractivity contribution in [1.29, 1.82) is 0 Å². The fourth-order valence-electron chi connectivity index (χ4n) is 2.28. The first-order valence-corrected chi connectivity index (χ1v) is 8.56. The Morgan fingerprint density at radius 3 is 2.36 bits per heavy atom. The highest BCUT2D eigenvalue weighted by Crippen LogP contribution is 2.36. The summed E-state index contributed by atoms with van der Waals surface area (Å²) < 4.78 is 29.1. The summed E-state index contributed by atoms with van der Waals surface area (Å²) in [6.07, 6.45) is 1.68. The highest BCUT2D eigenvalue weighted by Gasteiger charge is 2.33. The highest BCUT2D eigenvalue weighted by atomic mass is 32.2. The number of thioether (sulfide) groups is 1. The third kappa shape index (κ3) is 4.05. The van der Waals surface area contributed by atoms with Gasteiger partial charge in [-0.25, -0.2) is 0 Å². The maximum Gasteiger partial charge on any atom is 0.387 e. The van der Waals surface area contributed by atoms with Gasteiger partial charge < -0.3 is 4.74 Å². The smallest absolute Gasteiger partial charge is 0.387 e. The Morgan fingerprint density at radius 2 is 1.76 bits per heavy atom. The van der Waals surface area contributed by atoms with Gasteiger partial charge in [0.05, 0.1) is 10.6 Å². The van der Waals surface area contributed by atoms with E-state index >= 15 is 0 Å². The third-order valence-electron chi connectivity index (χ3n) is 3.49. The summed E-state index contributed by atoms with van der Waals surface area (Å²) in [4.78, 5) is 14.6. The second kappa shape index (κ2) is 7.33. The molecule has 0 spiro atoms. The molecular weight excluding hydrogens is 364 g/mol. The highest BCUT2D eigenvalue weighted by molar-refractivity contribution is 8.27. The number of alkyl halides is 2. The van der Waals surface area contributed by atoms with Crippen LogP contribution in [0.25, 0.3) is 6.08 Å². The van der Waals surface area contributed by atoms with E-state index in [1.807, 2.05) is 31.2 Å². The number of anilines is 1. The predicted octanol–water partition coefficient (Wildman–Crippen LogP) is 5.00. The van der Waals surface area contributed by atoms with Gasteiger partial charge in [-0.05, 0) is 42.8 Å². The second-order valence-electron chi connectivity index (χ2n) is 5.30. The lowest BCUT2D eigenvalue weighted by Crippen LogP contribution is -2.27. The van der Waals surface area contributed by atoms with Crippen molar-refractivity contribution in [3.05, 3.63) is 64.6 Å². The van der Waals surface area contributed by atoms with Crippen LogP contribution in [-0.2, 0) is 4.79 Å². The van der Waals surface area contributed by atoms with E-state index in [-0.39, 0.29) is 11.7 Å². The van der Waals surface area contributed by atoms with Crippen LogP contribution in [0.15, 0.2) is 53.4 Å². The Morgan fingerprint density at radius 1 is 1.12 bits per heavy atom. The van der Waals surface area contributed by atoms with Crippen LogP contribution in [0.1, 0.15) is 11.1 Å². The van der Waals surface area contributed by atoms with E-state index in [0.717, 1.165) is 11.3 Å². The molecule has 0 unspecified atom stereocenters. The number of halogens is 2. The lowest BCUT2D eigenvalue weighted by atomic mass is 10.2. The zero-order valence-electron chi connectivity index (χ0n) is 13.1. The number of hydrogen-bond acceptors (Lipinski definition) is 4. The Kier molecular flexibility index (Phi) is 5.15. The van der Waals surface area contributed by atoms with Gasteiger partial charge in [-0.3, -0.25) is 9.69 Å². The number of amides is 1. The minimum Gasteiger partial charge on any atom is -0.435 e. The molecule has 2 aromatic carbocycles. The van der Waals surface area contributed by atoms with E-state index in [9.17, 15) is 13.6 Å². The van der Waals surface area contributed by atoms with Crippen LogP contribution in [0.2, 0.25) is 0 Å². The van der Waals surface area contributed by atoms with Crippen LogP contribution in [0.4, 0.5) is 14.5 Å². The van der Waals surface area contributed by atoms with Crippen molar-refractivity contribution in [3.8, 4) is 5.75 Å². The quantitative estimate of drug-likeness (QED) is 0.554. The van der Waals surface area contributed by atoms with Gasteiger partial charge >= 0.3 is 6.61 Å². The molecular formula is C18H13F2NO2S2. The van der Waals surface area contributed by atoms with Crippen molar-refractivity contribution in [1.82, 2.24) is 0 Å². The predicted molar refractivity (Wildman–Crippen MR) is 99.9 cm³/mol. The van der Waals surface area contributed by atoms with Crippen molar-refractivity contribution in [3.63, 3.8) is 0 Å². The van der Waals surface area contributed by atoms with E-state index in [1.54, 1.807) is 18.2 Å². The number of thiocarbonyl (C=S) groups is 1. The Labute approximate surface area is 153 Å². The first-order valence-electron chi connectivity index (χ1n) is 7.33. The molecule has 0 radical (unpaired) electrons. The molecule has 25 heavy (non-hydrogen) atoms. The number of nitrogens with zero attached hydrogens (tertiary/aromatic N) is 1. The molecule has 1 fully saturated rings. The summed E-state index contributed by atoms with van der Waals surface area (Å²) in [7, 11) is 0. The Bertz CT molecular complexity index is 833. The number of carbonyl (C=O) groups excluding carboxylic acids is 1. The summed E-state index contributed by atoms with van der Waals surface area (Å²) >= 11 is 6.53. The van der Waals surface area contributed by atoms with Gasteiger partial charge in [0, 0.05) is 0 Å². The maximum absolute atomic E-state index is 12.6. The number of hydrogen-bond donors (Lipinski definition) is 0. The van der Waals surface area contributed by atoms with Gasteiger partial charge in [-0.15, -0.1) is 0 Å². The summed E-state index contributed by atoms with van der Waals surface area (Å²) in [6, 6.07) is 13.6. The lowest BCUT2D eigenvalue weighted by molar-refractivity contribution is -0.113. The van der Waals surface area contributed by atoms with Crippen LogP contribution >= 0.6 is 24.0 Å². The molecule has 0 bridgehead atoms. The number of aryl methyl sites for hydroxylation is 1. The molecule has 7 heteroatoms. The summed E-state index contributed by atoms with van der Waals surface area (Å²) in [6.45, 7) is -0.897. The maximum atomic E-state index is 12.6. The number of rotatable bonds is 4. The topological polar surface area (TPSA) is 29.5 Å². The molecule has 1 heterocycles. The molecule has 3 rings (SSSR count). The van der Waals surface area contributed by atoms with E-state index in [1.165, 1.54) is 28.8 Å². The SMILES string of the molecule is Cc1ccc(N2C(=O)/C(=C\c3ccc(OC(F)F)cc3)SC2=S)cc1. The second-order valence-corrected chi connectivity index (χ2v) is 6.98. The molecule has 1 aliphatic heterocycles. The van der Waals surface area contributed by atoms with Gasteiger partial charge in [-0.2, -0.15) is 8.78 Å². The average Bonchev–Trinajstić information content (AvgIpc) is 2.84. The Hall–Kier alpha value is -2.25. The third-order valence-corrected chi connectivity index (χ3v) is 4.79. The molecule has 0 saturated carbocycles. The van der Waals surface area contributed by atoms with Crippen LogP contribution in [0.3, 0.4) is 0 Å². The van der Waals surface area contributed by atoms with Crippen molar-refractivity contribution in [2.24, 2.45) is 0 Å². The van der Waals surface area contributed by atoms with Gasteiger partial charge in [0.25, 0.3) is 5.91 Å². The van der Waals surface area contributed by atoms with Crippen molar-refractivity contribution in [2.75, 3.05) is 4.90 Å². The van der Waals surface area contributed by atoms with Crippen LogP contribution in [-0.4, -0.2) is 16.8 Å². The monoisotopic (exact) mass is 377 g/mol. The molecule has 0 aromatic heterocycles. The number of ether oxygens (including phenoxy) is 1. The van der Waals surface area contributed by atoms with E-state index < -0.39 is 6.61 Å². The minimum atomic E-state index is -2.86. The van der Waals surface area contributed by atoms with Gasteiger partial charge in [0.1, 0.15) is 5.75 Å². The van der Waals surface area contributed by atoms with Crippen LogP contribution in [0.5, 0.6) is 5.75 Å². The molecule has 1 amide bonds. The standard InChI is InChI=1S/C18H13F2NO2S2/c1-11-2-6-13(7-3-11)21-16(22)15(25-18(21)24)10-12-4-8-14(9-5-12)23-17(19)20/h2-10,17H,1H3/b15-10+. The first-order chi connectivity index (χ1) is 11.9. The molecule has 1 aliphatic rings. The van der Waals surface area contributed by atoms with Crippen molar-refractivity contribution in [2.45, 2.75) is 13.5 Å². The fourth-order valence-corrected chi connectivity index (χ4v) is 3.58. The normalized spacial score (nSPS) is 16.2. The number of carbonyl (C=O) groups is 1. The van der Waals surface area contributed by atoms with E-state index in [4.69, 9.17) is 12.2 Å². The van der Waals surface area contributed by atoms with Crippen LogP contribution in [0, 0.1) is 6.92 Å². The van der Waals surface area contributed by atoms with Gasteiger partial charge in [-0.1, -0.05) is 53.8 Å². The molecule has 3 nitrogen and oxygen atoms in total. The van der Waals surface area contributed by atoms with Crippen molar-refractivity contribution < 1.29 is 18.3 Å². The van der Waals surface area contributed by atoms with E-state index in [0.29, 0.717) is 14.8 Å². The zero-order chi connectivity index (χ0) is 18.0. The van der Waals surface area contributed by atoms with Gasteiger partial charge in [0.15, 0.2) is 4.32 Å². The van der Waals surface area contributed by atoms with Crippen molar-refractivity contribution >= 4 is 46.0 Å².